The Bertz CT molecular complexity index is 709. The topological polar surface area (TPSA) is 79.0 Å². The van der Waals surface area contributed by atoms with Gasteiger partial charge in [-0.1, -0.05) is 0 Å². The summed E-state index contributed by atoms with van der Waals surface area (Å²) in [4.78, 5) is 10.6. The molecule has 0 saturated heterocycles. The molecule has 1 heterocycles. The van der Waals surface area contributed by atoms with E-state index in [0.717, 1.165) is 0 Å². The number of hydrogen-bond acceptors (Lipinski definition) is 5. The van der Waals surface area contributed by atoms with Gasteiger partial charge in [0.15, 0.2) is 5.82 Å². The summed E-state index contributed by atoms with van der Waals surface area (Å²) in [5, 5.41) is 23.6. The molecular weight excluding hydrogens is 288 g/mol. The Morgan fingerprint density at radius 3 is 2.75 bits per heavy atom. The predicted molar refractivity (Wildman–Crippen MR) is 69.4 cm³/mol. The number of nitrogens with zero attached hydrogens (tertiary/aromatic N) is 2. The van der Waals surface area contributed by atoms with Gasteiger partial charge in [-0.05, 0) is 6.07 Å². The van der Waals surface area contributed by atoms with E-state index in [4.69, 9.17) is 5.26 Å². The second-order valence-corrected chi connectivity index (χ2v) is 4.80. The maximum atomic E-state index is 13.6. The molecule has 1 N–H and O–H groups in total. The smallest absolute Gasteiger partial charge is 0.298 e. The molecule has 1 aromatic heterocycles. The second-order valence-electron chi connectivity index (χ2n) is 3.81. The SMILES string of the molecule is N#Cc1csc(CNc2c(F)cc(F)cc2[N+](=O)[O-])c1. The molecule has 102 valence electrons. The molecule has 0 spiro atoms. The third-order valence-corrected chi connectivity index (χ3v) is 3.39. The number of rotatable bonds is 4. The van der Waals surface area contributed by atoms with E-state index >= 15 is 0 Å². The first kappa shape index (κ1) is 13.9. The highest BCUT2D eigenvalue weighted by atomic mass is 32.1. The summed E-state index contributed by atoms with van der Waals surface area (Å²) in [6.07, 6.45) is 0. The highest BCUT2D eigenvalue weighted by Crippen LogP contribution is 2.29. The van der Waals surface area contributed by atoms with Crippen molar-refractivity contribution in [3.05, 3.63) is 55.8 Å². The van der Waals surface area contributed by atoms with Crippen LogP contribution < -0.4 is 5.32 Å². The van der Waals surface area contributed by atoms with Crippen molar-refractivity contribution in [3.63, 3.8) is 0 Å². The molecule has 0 unspecified atom stereocenters. The van der Waals surface area contributed by atoms with Crippen LogP contribution in [0.5, 0.6) is 0 Å². The summed E-state index contributed by atoms with van der Waals surface area (Å²) >= 11 is 1.27. The normalized spacial score (nSPS) is 10.1. The second kappa shape index (κ2) is 5.63. The fraction of sp³-hybridized carbons (Fsp3) is 0.0833. The summed E-state index contributed by atoms with van der Waals surface area (Å²) in [6, 6.07) is 4.76. The monoisotopic (exact) mass is 295 g/mol. The van der Waals surface area contributed by atoms with Gasteiger partial charge in [0.1, 0.15) is 17.6 Å². The van der Waals surface area contributed by atoms with Crippen LogP contribution in [0.25, 0.3) is 0 Å². The van der Waals surface area contributed by atoms with Crippen LogP contribution in [-0.2, 0) is 6.54 Å². The largest absolute Gasteiger partial charge is 0.372 e. The van der Waals surface area contributed by atoms with E-state index in [1.807, 2.05) is 6.07 Å². The summed E-state index contributed by atoms with van der Waals surface area (Å²) < 4.78 is 26.6. The number of nitrogens with one attached hydrogen (secondary N) is 1. The average molecular weight is 295 g/mol. The Balaban J connectivity index is 2.25. The number of nitriles is 1. The van der Waals surface area contributed by atoms with Crippen LogP contribution in [0.4, 0.5) is 20.2 Å². The first-order chi connectivity index (χ1) is 9.51. The van der Waals surface area contributed by atoms with E-state index in [-0.39, 0.29) is 12.2 Å². The fourth-order valence-electron chi connectivity index (χ4n) is 1.59. The van der Waals surface area contributed by atoms with Gasteiger partial charge in [0.2, 0.25) is 0 Å². The van der Waals surface area contributed by atoms with Gasteiger partial charge in [0.25, 0.3) is 5.69 Å². The number of thiophene rings is 1. The van der Waals surface area contributed by atoms with E-state index < -0.39 is 22.2 Å². The zero-order chi connectivity index (χ0) is 14.7. The standard InChI is InChI=1S/C12H7F2N3O2S/c13-8-2-10(14)12(11(3-8)17(18)19)16-5-9-1-7(4-15)6-20-9/h1-3,6,16H,5H2. The number of nitro groups is 1. The van der Waals surface area contributed by atoms with Crippen LogP contribution in [0.2, 0.25) is 0 Å². The van der Waals surface area contributed by atoms with Gasteiger partial charge < -0.3 is 5.32 Å². The predicted octanol–water partition coefficient (Wildman–Crippen LogP) is 3.42. The number of nitro benzene ring substituents is 1. The Kier molecular flexibility index (Phi) is 3.91. The van der Waals surface area contributed by atoms with Crippen molar-refractivity contribution in [1.29, 1.82) is 5.26 Å². The van der Waals surface area contributed by atoms with Crippen molar-refractivity contribution in [3.8, 4) is 6.07 Å². The molecular formula is C12H7F2N3O2S. The molecule has 8 heteroatoms. The third kappa shape index (κ3) is 2.89. The van der Waals surface area contributed by atoms with E-state index in [2.05, 4.69) is 5.32 Å². The van der Waals surface area contributed by atoms with Crippen molar-refractivity contribution in [2.75, 3.05) is 5.32 Å². The van der Waals surface area contributed by atoms with Gasteiger partial charge >= 0.3 is 0 Å². The van der Waals surface area contributed by atoms with Crippen LogP contribution >= 0.6 is 11.3 Å². The van der Waals surface area contributed by atoms with Crippen LogP contribution in [-0.4, -0.2) is 4.92 Å². The molecule has 1 aromatic carbocycles. The van der Waals surface area contributed by atoms with Gasteiger partial charge in [-0.2, -0.15) is 5.26 Å². The lowest BCUT2D eigenvalue weighted by Gasteiger charge is -2.07. The Morgan fingerprint density at radius 2 is 2.15 bits per heavy atom. The van der Waals surface area contributed by atoms with Gasteiger partial charge in [-0.15, -0.1) is 11.3 Å². The summed E-state index contributed by atoms with van der Waals surface area (Å²) in [6.45, 7) is 0.107. The van der Waals surface area contributed by atoms with Crippen molar-refractivity contribution in [2.45, 2.75) is 6.54 Å². The minimum absolute atomic E-state index is 0.107. The van der Waals surface area contributed by atoms with E-state index in [0.29, 0.717) is 22.6 Å². The first-order valence-corrected chi connectivity index (χ1v) is 6.24. The van der Waals surface area contributed by atoms with E-state index in [1.165, 1.54) is 11.3 Å². The lowest BCUT2D eigenvalue weighted by atomic mass is 10.2. The molecule has 0 aliphatic heterocycles. The molecule has 0 amide bonds. The van der Waals surface area contributed by atoms with Crippen molar-refractivity contribution >= 4 is 22.7 Å². The third-order valence-electron chi connectivity index (χ3n) is 2.45. The van der Waals surface area contributed by atoms with Gasteiger partial charge in [-0.3, -0.25) is 10.1 Å². The number of halogens is 2. The number of benzene rings is 1. The minimum Gasteiger partial charge on any atom is -0.372 e. The maximum absolute atomic E-state index is 13.6. The Hall–Kier alpha value is -2.53. The zero-order valence-corrected chi connectivity index (χ0v) is 10.7. The van der Waals surface area contributed by atoms with Crippen LogP contribution in [0.15, 0.2) is 23.6 Å². The molecule has 0 radical (unpaired) electrons. The molecule has 0 aliphatic rings. The lowest BCUT2D eigenvalue weighted by Crippen LogP contribution is -2.04. The molecule has 20 heavy (non-hydrogen) atoms. The number of hydrogen-bond donors (Lipinski definition) is 1. The summed E-state index contributed by atoms with van der Waals surface area (Å²) in [5.74, 6) is -2.04. The quantitative estimate of drug-likeness (QED) is 0.692. The summed E-state index contributed by atoms with van der Waals surface area (Å²) in [7, 11) is 0. The summed E-state index contributed by atoms with van der Waals surface area (Å²) in [5.41, 5.74) is -0.580. The van der Waals surface area contributed by atoms with Gasteiger partial charge in [-0.25, -0.2) is 8.78 Å². The van der Waals surface area contributed by atoms with Crippen LogP contribution in [0.3, 0.4) is 0 Å². The molecule has 2 aromatic rings. The maximum Gasteiger partial charge on any atom is 0.298 e. The first-order valence-electron chi connectivity index (χ1n) is 5.36. The van der Waals surface area contributed by atoms with E-state index in [1.54, 1.807) is 11.4 Å². The number of anilines is 1. The lowest BCUT2D eigenvalue weighted by molar-refractivity contribution is -0.384. The van der Waals surface area contributed by atoms with Crippen LogP contribution in [0, 0.1) is 33.1 Å². The Labute approximate surface area is 116 Å². The molecule has 5 nitrogen and oxygen atoms in total. The average Bonchev–Trinajstić information content (AvgIpc) is 2.84. The Morgan fingerprint density at radius 1 is 1.40 bits per heavy atom. The van der Waals surface area contributed by atoms with Gasteiger partial charge in [0, 0.05) is 22.9 Å². The van der Waals surface area contributed by atoms with Gasteiger partial charge in [0.05, 0.1) is 16.6 Å². The van der Waals surface area contributed by atoms with E-state index in [9.17, 15) is 18.9 Å². The zero-order valence-electron chi connectivity index (χ0n) is 9.89. The molecule has 2 rings (SSSR count). The van der Waals surface area contributed by atoms with Crippen molar-refractivity contribution in [1.82, 2.24) is 0 Å². The van der Waals surface area contributed by atoms with Crippen LogP contribution in [0.1, 0.15) is 10.4 Å². The highest BCUT2D eigenvalue weighted by molar-refractivity contribution is 7.10. The minimum atomic E-state index is -1.03. The highest BCUT2D eigenvalue weighted by Gasteiger charge is 2.20. The molecule has 0 saturated carbocycles. The molecule has 0 atom stereocenters. The molecule has 0 fully saturated rings. The molecule has 0 aliphatic carbocycles. The van der Waals surface area contributed by atoms with Crippen molar-refractivity contribution in [2.24, 2.45) is 0 Å². The molecule has 0 bridgehead atoms. The fourth-order valence-corrected chi connectivity index (χ4v) is 2.34. The van der Waals surface area contributed by atoms with Crippen molar-refractivity contribution < 1.29 is 13.7 Å².